The average molecular weight is 224 g/mol. The van der Waals surface area contributed by atoms with Gasteiger partial charge in [-0.3, -0.25) is 4.79 Å². The van der Waals surface area contributed by atoms with Gasteiger partial charge in [0.1, 0.15) is 0 Å². The predicted octanol–water partition coefficient (Wildman–Crippen LogP) is 0.137. The number of carbonyl (C=O) groups is 1. The highest BCUT2D eigenvalue weighted by atomic mass is 16.5. The zero-order valence-corrected chi connectivity index (χ0v) is 9.58. The van der Waals surface area contributed by atoms with Gasteiger partial charge in [-0.25, -0.2) is 0 Å². The van der Waals surface area contributed by atoms with Gasteiger partial charge in [-0.1, -0.05) is 6.42 Å². The normalized spacial score (nSPS) is 41.5. The fraction of sp³-hybridized carbons (Fsp3) is 0.917. The van der Waals surface area contributed by atoms with Crippen molar-refractivity contribution in [1.82, 2.24) is 10.6 Å². The summed E-state index contributed by atoms with van der Waals surface area (Å²) in [7, 11) is 0. The molecule has 3 fully saturated rings. The Kier molecular flexibility index (Phi) is 2.86. The summed E-state index contributed by atoms with van der Waals surface area (Å²) in [4.78, 5) is 11.9. The molecule has 0 aromatic carbocycles. The lowest BCUT2D eigenvalue weighted by Crippen LogP contribution is -2.48. The Labute approximate surface area is 96.1 Å². The first-order valence-electron chi connectivity index (χ1n) is 6.45. The predicted molar refractivity (Wildman–Crippen MR) is 59.9 cm³/mol. The Morgan fingerprint density at radius 3 is 2.88 bits per heavy atom. The number of fused-ring (bicyclic) bond motifs is 1. The van der Waals surface area contributed by atoms with E-state index in [1.807, 2.05) is 0 Å². The summed E-state index contributed by atoms with van der Waals surface area (Å²) in [6.45, 7) is 3.12. The van der Waals surface area contributed by atoms with Crippen LogP contribution in [0.2, 0.25) is 0 Å². The number of morpholine rings is 1. The molecule has 0 bridgehead atoms. The maximum atomic E-state index is 11.9. The van der Waals surface area contributed by atoms with Gasteiger partial charge in [-0.05, 0) is 24.7 Å². The second-order valence-corrected chi connectivity index (χ2v) is 5.26. The molecule has 2 saturated carbocycles. The molecule has 0 aromatic heterocycles. The van der Waals surface area contributed by atoms with Crippen LogP contribution in [0.15, 0.2) is 0 Å². The third-order valence-corrected chi connectivity index (χ3v) is 4.23. The van der Waals surface area contributed by atoms with E-state index in [2.05, 4.69) is 10.6 Å². The number of rotatable bonds is 3. The van der Waals surface area contributed by atoms with Crippen LogP contribution in [0.5, 0.6) is 0 Å². The number of ether oxygens (including phenoxy) is 1. The number of carbonyl (C=O) groups excluding carboxylic acids is 1. The minimum atomic E-state index is 0.280. The van der Waals surface area contributed by atoms with Crippen molar-refractivity contribution in [3.63, 3.8) is 0 Å². The first-order valence-corrected chi connectivity index (χ1v) is 6.45. The second-order valence-electron chi connectivity index (χ2n) is 5.26. The summed E-state index contributed by atoms with van der Waals surface area (Å²) in [6.07, 6.45) is 3.87. The quantitative estimate of drug-likeness (QED) is 0.717. The summed E-state index contributed by atoms with van der Waals surface area (Å²) in [5.74, 6) is 2.06. The summed E-state index contributed by atoms with van der Waals surface area (Å²) in [5, 5.41) is 6.41. The molecular weight excluding hydrogens is 204 g/mol. The Balaban J connectivity index is 1.40. The molecule has 1 heterocycles. The van der Waals surface area contributed by atoms with Gasteiger partial charge < -0.3 is 15.4 Å². The van der Waals surface area contributed by atoms with Gasteiger partial charge in [-0.2, -0.15) is 0 Å². The monoisotopic (exact) mass is 224 g/mol. The Bertz CT molecular complexity index is 266. The zero-order chi connectivity index (χ0) is 11.0. The van der Waals surface area contributed by atoms with Gasteiger partial charge >= 0.3 is 0 Å². The number of hydrogen-bond donors (Lipinski definition) is 2. The lowest BCUT2D eigenvalue weighted by atomic mass is 10.1. The van der Waals surface area contributed by atoms with E-state index in [4.69, 9.17) is 4.74 Å². The maximum Gasteiger partial charge on any atom is 0.223 e. The van der Waals surface area contributed by atoms with E-state index in [0.29, 0.717) is 12.0 Å². The van der Waals surface area contributed by atoms with E-state index < -0.39 is 0 Å². The van der Waals surface area contributed by atoms with Crippen molar-refractivity contribution in [1.29, 1.82) is 0 Å². The van der Waals surface area contributed by atoms with E-state index >= 15 is 0 Å². The zero-order valence-electron chi connectivity index (χ0n) is 9.58. The van der Waals surface area contributed by atoms with Crippen LogP contribution in [0, 0.1) is 17.8 Å². The smallest absolute Gasteiger partial charge is 0.223 e. The average Bonchev–Trinajstić information content (AvgIpc) is 2.81. The summed E-state index contributed by atoms with van der Waals surface area (Å²) >= 11 is 0. The van der Waals surface area contributed by atoms with Crippen LogP contribution < -0.4 is 10.6 Å². The summed E-state index contributed by atoms with van der Waals surface area (Å²) in [5.41, 5.74) is 0. The first kappa shape index (κ1) is 10.5. The fourth-order valence-corrected chi connectivity index (χ4v) is 3.30. The van der Waals surface area contributed by atoms with Crippen LogP contribution in [-0.4, -0.2) is 38.3 Å². The van der Waals surface area contributed by atoms with E-state index in [1.54, 1.807) is 0 Å². The lowest BCUT2D eigenvalue weighted by molar-refractivity contribution is -0.123. The van der Waals surface area contributed by atoms with Gasteiger partial charge in [0.05, 0.1) is 13.2 Å². The van der Waals surface area contributed by atoms with Crippen molar-refractivity contribution >= 4 is 5.91 Å². The van der Waals surface area contributed by atoms with Gasteiger partial charge in [0.15, 0.2) is 0 Å². The third kappa shape index (κ3) is 1.96. The molecule has 0 aromatic rings. The molecule has 1 aliphatic heterocycles. The van der Waals surface area contributed by atoms with Crippen molar-refractivity contribution in [3.05, 3.63) is 0 Å². The Morgan fingerprint density at radius 2 is 2.19 bits per heavy atom. The number of nitrogens with one attached hydrogen (secondary N) is 2. The second kappa shape index (κ2) is 4.34. The molecule has 3 unspecified atom stereocenters. The molecule has 0 spiro atoms. The van der Waals surface area contributed by atoms with Crippen LogP contribution in [0.1, 0.15) is 19.3 Å². The van der Waals surface area contributed by atoms with Crippen LogP contribution in [0.3, 0.4) is 0 Å². The summed E-state index contributed by atoms with van der Waals surface area (Å²) < 4.78 is 5.35. The molecular formula is C12H20N2O2. The molecule has 4 heteroatoms. The third-order valence-electron chi connectivity index (χ3n) is 4.23. The minimum absolute atomic E-state index is 0.280. The summed E-state index contributed by atoms with van der Waals surface area (Å²) in [6, 6.07) is 0.302. The standard InChI is InChI=1S/C12H20N2O2/c15-12(11-9-2-1-3-10(9)11)14-6-8-7-16-5-4-13-8/h8-11,13H,1-7H2,(H,14,15). The molecule has 4 nitrogen and oxygen atoms in total. The SMILES string of the molecule is O=C(NCC1COCCN1)C1C2CCCC21. The van der Waals surface area contributed by atoms with Crippen molar-refractivity contribution in [2.24, 2.45) is 17.8 Å². The molecule has 3 aliphatic rings. The van der Waals surface area contributed by atoms with Crippen LogP contribution >= 0.6 is 0 Å². The Morgan fingerprint density at radius 1 is 1.38 bits per heavy atom. The van der Waals surface area contributed by atoms with Gasteiger partial charge in [0.25, 0.3) is 0 Å². The Hall–Kier alpha value is -0.610. The minimum Gasteiger partial charge on any atom is -0.378 e. The van der Waals surface area contributed by atoms with Crippen molar-refractivity contribution in [2.45, 2.75) is 25.3 Å². The molecule has 2 N–H and O–H groups in total. The van der Waals surface area contributed by atoms with E-state index in [1.165, 1.54) is 19.3 Å². The molecule has 0 radical (unpaired) electrons. The fourth-order valence-electron chi connectivity index (χ4n) is 3.30. The van der Waals surface area contributed by atoms with Crippen LogP contribution in [0.25, 0.3) is 0 Å². The molecule has 90 valence electrons. The highest BCUT2D eigenvalue weighted by Crippen LogP contribution is 2.57. The van der Waals surface area contributed by atoms with Crippen molar-refractivity contribution in [2.75, 3.05) is 26.3 Å². The van der Waals surface area contributed by atoms with Gasteiger partial charge in [-0.15, -0.1) is 0 Å². The first-order chi connectivity index (χ1) is 7.86. The van der Waals surface area contributed by atoms with Gasteiger partial charge in [0, 0.05) is 25.0 Å². The topological polar surface area (TPSA) is 50.4 Å². The number of amides is 1. The van der Waals surface area contributed by atoms with Crippen LogP contribution in [-0.2, 0) is 9.53 Å². The molecule has 1 saturated heterocycles. The highest BCUT2D eigenvalue weighted by Gasteiger charge is 2.56. The van der Waals surface area contributed by atoms with E-state index in [-0.39, 0.29) is 5.91 Å². The highest BCUT2D eigenvalue weighted by molar-refractivity contribution is 5.82. The molecule has 2 aliphatic carbocycles. The molecule has 1 amide bonds. The molecule has 3 rings (SSSR count). The van der Waals surface area contributed by atoms with Crippen molar-refractivity contribution < 1.29 is 9.53 Å². The van der Waals surface area contributed by atoms with Crippen LogP contribution in [0.4, 0.5) is 0 Å². The largest absolute Gasteiger partial charge is 0.378 e. The molecule has 16 heavy (non-hydrogen) atoms. The lowest BCUT2D eigenvalue weighted by Gasteiger charge is -2.24. The maximum absolute atomic E-state index is 11.9. The van der Waals surface area contributed by atoms with E-state index in [9.17, 15) is 4.79 Å². The molecule has 3 atom stereocenters. The van der Waals surface area contributed by atoms with Gasteiger partial charge in [0.2, 0.25) is 5.91 Å². The number of hydrogen-bond acceptors (Lipinski definition) is 3. The van der Waals surface area contributed by atoms with Crippen molar-refractivity contribution in [3.8, 4) is 0 Å². The van der Waals surface area contributed by atoms with E-state index in [0.717, 1.165) is 38.1 Å².